The van der Waals surface area contributed by atoms with Crippen molar-refractivity contribution in [2.24, 2.45) is 7.05 Å². The number of rotatable bonds is 6. The number of hydrogen-bond acceptors (Lipinski definition) is 3. The molecule has 140 valence electrons. The topological polar surface area (TPSA) is 56.1 Å². The average Bonchev–Trinajstić information content (AvgIpc) is 3.06. The number of carbonyl (C=O) groups is 1. The third-order valence-corrected chi connectivity index (χ3v) is 4.66. The van der Waals surface area contributed by atoms with Gasteiger partial charge in [0.15, 0.2) is 0 Å². The number of benzene rings is 2. The van der Waals surface area contributed by atoms with Crippen LogP contribution in [0, 0.1) is 6.92 Å². The molecule has 5 nitrogen and oxygen atoms in total. The Morgan fingerprint density at radius 1 is 1.26 bits per heavy atom. The molecular weight excluding hydrogens is 362 g/mol. The monoisotopic (exact) mass is 383 g/mol. The van der Waals surface area contributed by atoms with Gasteiger partial charge in [-0.25, -0.2) is 4.98 Å². The smallest absolute Gasteiger partial charge is 0.225 e. The Hall–Kier alpha value is -2.79. The van der Waals surface area contributed by atoms with Gasteiger partial charge in [-0.3, -0.25) is 4.79 Å². The summed E-state index contributed by atoms with van der Waals surface area (Å²) in [7, 11) is 3.51. The fraction of sp³-hybridized carbons (Fsp3) is 0.238. The number of nitrogens with one attached hydrogen (secondary N) is 1. The number of nitrogens with zero attached hydrogens (tertiary/aromatic N) is 2. The predicted octanol–water partition coefficient (Wildman–Crippen LogP) is 3.84. The van der Waals surface area contributed by atoms with Gasteiger partial charge in [0.1, 0.15) is 17.6 Å². The number of imidazole rings is 1. The number of carbonyl (C=O) groups excluding carboxylic acids is 1. The molecule has 1 N–H and O–H groups in total. The molecular formula is C21H22ClN3O2. The first-order chi connectivity index (χ1) is 13.0. The van der Waals surface area contributed by atoms with Crippen LogP contribution in [0.1, 0.15) is 28.6 Å². The summed E-state index contributed by atoms with van der Waals surface area (Å²) >= 11 is 6.01. The van der Waals surface area contributed by atoms with Crippen molar-refractivity contribution in [1.29, 1.82) is 0 Å². The maximum atomic E-state index is 12.8. The van der Waals surface area contributed by atoms with E-state index in [0.717, 1.165) is 22.5 Å². The van der Waals surface area contributed by atoms with Crippen LogP contribution < -0.4 is 10.1 Å². The zero-order chi connectivity index (χ0) is 19.4. The normalized spacial score (nSPS) is 11.9. The van der Waals surface area contributed by atoms with Gasteiger partial charge in [-0.1, -0.05) is 41.4 Å². The lowest BCUT2D eigenvalue weighted by Crippen LogP contribution is -2.32. The molecule has 6 heteroatoms. The highest BCUT2D eigenvalue weighted by molar-refractivity contribution is 6.30. The van der Waals surface area contributed by atoms with E-state index in [1.165, 1.54) is 0 Å². The molecule has 3 rings (SSSR count). The van der Waals surface area contributed by atoms with Crippen LogP contribution in [-0.4, -0.2) is 22.6 Å². The number of ether oxygens (including phenoxy) is 1. The van der Waals surface area contributed by atoms with E-state index in [4.69, 9.17) is 16.3 Å². The van der Waals surface area contributed by atoms with Crippen LogP contribution in [0.5, 0.6) is 5.75 Å². The van der Waals surface area contributed by atoms with Crippen molar-refractivity contribution in [2.75, 3.05) is 7.11 Å². The Morgan fingerprint density at radius 2 is 2.00 bits per heavy atom. The number of amides is 1. The van der Waals surface area contributed by atoms with Gasteiger partial charge in [0.05, 0.1) is 13.5 Å². The first kappa shape index (κ1) is 19.0. The molecule has 1 heterocycles. The van der Waals surface area contributed by atoms with Gasteiger partial charge in [0.25, 0.3) is 0 Å². The summed E-state index contributed by atoms with van der Waals surface area (Å²) in [5.74, 6) is 1.35. The highest BCUT2D eigenvalue weighted by Gasteiger charge is 2.21. The Morgan fingerprint density at radius 3 is 2.63 bits per heavy atom. The van der Waals surface area contributed by atoms with Crippen molar-refractivity contribution in [1.82, 2.24) is 14.9 Å². The maximum Gasteiger partial charge on any atom is 0.225 e. The van der Waals surface area contributed by atoms with Crippen LogP contribution in [0.4, 0.5) is 0 Å². The molecule has 2 aromatic carbocycles. The summed E-state index contributed by atoms with van der Waals surface area (Å²) in [4.78, 5) is 17.2. The Balaban J connectivity index is 1.86. The SMILES string of the molecule is COc1ccc(C)cc1CC(=O)NC(c1ccc(Cl)cc1)c1nccn1C. The van der Waals surface area contributed by atoms with Gasteiger partial charge in [-0.2, -0.15) is 0 Å². The van der Waals surface area contributed by atoms with E-state index in [-0.39, 0.29) is 18.4 Å². The van der Waals surface area contributed by atoms with E-state index in [2.05, 4.69) is 10.3 Å². The molecule has 0 radical (unpaired) electrons. The fourth-order valence-electron chi connectivity index (χ4n) is 3.04. The van der Waals surface area contributed by atoms with E-state index < -0.39 is 0 Å². The van der Waals surface area contributed by atoms with Gasteiger partial charge < -0.3 is 14.6 Å². The molecule has 1 amide bonds. The zero-order valence-electron chi connectivity index (χ0n) is 15.6. The Labute approximate surface area is 164 Å². The van der Waals surface area contributed by atoms with Gasteiger partial charge in [-0.15, -0.1) is 0 Å². The second-order valence-corrected chi connectivity index (χ2v) is 6.88. The third-order valence-electron chi connectivity index (χ3n) is 4.41. The molecule has 0 aliphatic heterocycles. The first-order valence-electron chi connectivity index (χ1n) is 8.63. The van der Waals surface area contributed by atoms with Gasteiger partial charge in [0.2, 0.25) is 5.91 Å². The second-order valence-electron chi connectivity index (χ2n) is 6.44. The minimum absolute atomic E-state index is 0.109. The molecule has 0 aliphatic rings. The van der Waals surface area contributed by atoms with Crippen molar-refractivity contribution in [3.05, 3.63) is 82.4 Å². The molecule has 3 aromatic rings. The zero-order valence-corrected chi connectivity index (χ0v) is 16.3. The molecule has 0 saturated carbocycles. The quantitative estimate of drug-likeness (QED) is 0.703. The van der Waals surface area contributed by atoms with Crippen LogP contribution in [-0.2, 0) is 18.3 Å². The number of methoxy groups -OCH3 is 1. The highest BCUT2D eigenvalue weighted by Crippen LogP contribution is 2.24. The van der Waals surface area contributed by atoms with E-state index in [1.54, 1.807) is 13.3 Å². The number of aromatic nitrogens is 2. The van der Waals surface area contributed by atoms with Gasteiger partial charge >= 0.3 is 0 Å². The van der Waals surface area contributed by atoms with Crippen molar-refractivity contribution >= 4 is 17.5 Å². The van der Waals surface area contributed by atoms with Crippen LogP contribution in [0.3, 0.4) is 0 Å². The Bertz CT molecular complexity index is 935. The van der Waals surface area contributed by atoms with Gasteiger partial charge in [0, 0.05) is 30.0 Å². The van der Waals surface area contributed by atoms with E-state index in [0.29, 0.717) is 10.8 Å². The van der Waals surface area contributed by atoms with Crippen LogP contribution >= 0.6 is 11.6 Å². The summed E-state index contributed by atoms with van der Waals surface area (Å²) in [6.45, 7) is 1.99. The summed E-state index contributed by atoms with van der Waals surface area (Å²) in [6, 6.07) is 12.9. The van der Waals surface area contributed by atoms with E-state index in [1.807, 2.05) is 67.2 Å². The summed E-state index contributed by atoms with van der Waals surface area (Å²) in [5.41, 5.74) is 2.85. The minimum atomic E-state index is -0.370. The number of aryl methyl sites for hydroxylation is 2. The van der Waals surface area contributed by atoms with Crippen LogP contribution in [0.15, 0.2) is 54.9 Å². The summed E-state index contributed by atoms with van der Waals surface area (Å²) in [5, 5.41) is 3.74. The predicted molar refractivity (Wildman–Crippen MR) is 106 cm³/mol. The van der Waals surface area contributed by atoms with Crippen LogP contribution in [0.25, 0.3) is 0 Å². The van der Waals surface area contributed by atoms with Crippen molar-refractivity contribution in [2.45, 2.75) is 19.4 Å². The number of halogens is 1. The molecule has 1 unspecified atom stereocenters. The molecule has 0 bridgehead atoms. The maximum absolute atomic E-state index is 12.8. The highest BCUT2D eigenvalue weighted by atomic mass is 35.5. The number of hydrogen-bond donors (Lipinski definition) is 1. The molecule has 1 atom stereocenters. The second kappa shape index (κ2) is 8.27. The van der Waals surface area contributed by atoms with Crippen molar-refractivity contribution in [3.8, 4) is 5.75 Å². The van der Waals surface area contributed by atoms with E-state index in [9.17, 15) is 4.79 Å². The van der Waals surface area contributed by atoms with Crippen molar-refractivity contribution < 1.29 is 9.53 Å². The molecule has 0 spiro atoms. The summed E-state index contributed by atoms with van der Waals surface area (Å²) < 4.78 is 7.28. The molecule has 0 fully saturated rings. The fourth-order valence-corrected chi connectivity index (χ4v) is 3.16. The first-order valence-corrected chi connectivity index (χ1v) is 9.01. The van der Waals surface area contributed by atoms with Crippen LogP contribution in [0.2, 0.25) is 5.02 Å². The van der Waals surface area contributed by atoms with Gasteiger partial charge in [-0.05, 0) is 30.7 Å². The molecule has 0 aliphatic carbocycles. The van der Waals surface area contributed by atoms with E-state index >= 15 is 0 Å². The lowest BCUT2D eigenvalue weighted by Gasteiger charge is -2.20. The minimum Gasteiger partial charge on any atom is -0.496 e. The summed E-state index contributed by atoms with van der Waals surface area (Å²) in [6.07, 6.45) is 3.79. The van der Waals surface area contributed by atoms with Crippen molar-refractivity contribution in [3.63, 3.8) is 0 Å². The Kier molecular flexibility index (Phi) is 5.81. The standard InChI is InChI=1S/C21H22ClN3O2/c1-14-4-9-18(27-3)16(12-14)13-19(26)24-20(21-23-10-11-25(21)2)15-5-7-17(22)8-6-15/h4-12,20H,13H2,1-3H3,(H,24,26). The largest absolute Gasteiger partial charge is 0.496 e. The lowest BCUT2D eigenvalue weighted by atomic mass is 10.0. The molecule has 27 heavy (non-hydrogen) atoms. The molecule has 1 aromatic heterocycles. The molecule has 0 saturated heterocycles. The lowest BCUT2D eigenvalue weighted by molar-refractivity contribution is -0.121. The average molecular weight is 384 g/mol. The third kappa shape index (κ3) is 4.49.